The standard InChI is InChI=1S/C28H33N3O3/c1-3-34-26(32)15-17-31(24-12-6-11-23(19-24)28(29)30)16-7-8-21-13-14-25(20(2)18-21)27(33)22-9-4-5-10-22/h6,11-14,18-19,22H,3-5,9-10,15-17H2,1-2H3,(H3,29,30). The number of nitrogens with zero attached hydrogens (tertiary/aromatic N) is 1. The van der Waals surface area contributed by atoms with Crippen LogP contribution < -0.4 is 10.6 Å². The number of nitrogen functional groups attached to an aromatic ring is 1. The van der Waals surface area contributed by atoms with Gasteiger partial charge in [0, 0.05) is 34.8 Å². The number of aryl methyl sites for hydroxylation is 1. The molecule has 0 spiro atoms. The van der Waals surface area contributed by atoms with Gasteiger partial charge in [0.2, 0.25) is 0 Å². The normalized spacial score (nSPS) is 13.1. The summed E-state index contributed by atoms with van der Waals surface area (Å²) >= 11 is 0. The van der Waals surface area contributed by atoms with Crippen LogP contribution in [-0.2, 0) is 9.53 Å². The quantitative estimate of drug-likeness (QED) is 0.190. The van der Waals surface area contributed by atoms with Crippen LogP contribution in [-0.4, -0.2) is 37.3 Å². The lowest BCUT2D eigenvalue weighted by atomic mass is 9.92. The zero-order valence-electron chi connectivity index (χ0n) is 20.0. The summed E-state index contributed by atoms with van der Waals surface area (Å²) in [4.78, 5) is 26.7. The van der Waals surface area contributed by atoms with Crippen LogP contribution >= 0.6 is 0 Å². The molecule has 3 rings (SSSR count). The van der Waals surface area contributed by atoms with Crippen LogP contribution in [0.1, 0.15) is 66.1 Å². The second-order valence-electron chi connectivity index (χ2n) is 8.62. The molecular weight excluding hydrogens is 426 g/mol. The van der Waals surface area contributed by atoms with E-state index < -0.39 is 0 Å². The highest BCUT2D eigenvalue weighted by atomic mass is 16.5. The van der Waals surface area contributed by atoms with Gasteiger partial charge in [0.15, 0.2) is 5.78 Å². The zero-order chi connectivity index (χ0) is 24.5. The maximum atomic E-state index is 12.8. The molecule has 0 unspecified atom stereocenters. The number of benzene rings is 2. The number of nitrogens with two attached hydrogens (primary N) is 1. The number of carbonyl (C=O) groups excluding carboxylic acids is 2. The van der Waals surface area contributed by atoms with Gasteiger partial charge in [-0.3, -0.25) is 15.0 Å². The number of amidine groups is 1. The Hall–Kier alpha value is -3.59. The van der Waals surface area contributed by atoms with Crippen molar-refractivity contribution >= 4 is 23.3 Å². The number of Topliss-reactive ketones (excluding diaryl/α,β-unsaturated/α-hetero) is 1. The van der Waals surface area contributed by atoms with Crippen LogP contribution in [0.3, 0.4) is 0 Å². The third-order valence-corrected chi connectivity index (χ3v) is 6.13. The summed E-state index contributed by atoms with van der Waals surface area (Å²) in [6, 6.07) is 13.1. The first-order valence-electron chi connectivity index (χ1n) is 11.9. The molecule has 1 aliphatic carbocycles. The first-order chi connectivity index (χ1) is 16.4. The molecule has 0 aliphatic heterocycles. The molecule has 1 fully saturated rings. The van der Waals surface area contributed by atoms with Crippen molar-refractivity contribution in [1.82, 2.24) is 0 Å². The molecule has 0 saturated heterocycles. The number of esters is 1. The Morgan fingerprint density at radius 2 is 1.94 bits per heavy atom. The predicted molar refractivity (Wildman–Crippen MR) is 135 cm³/mol. The zero-order valence-corrected chi connectivity index (χ0v) is 20.0. The van der Waals surface area contributed by atoms with E-state index in [9.17, 15) is 9.59 Å². The monoisotopic (exact) mass is 459 g/mol. The van der Waals surface area contributed by atoms with Gasteiger partial charge in [-0.1, -0.05) is 36.8 Å². The number of anilines is 1. The van der Waals surface area contributed by atoms with Crippen molar-refractivity contribution in [3.05, 3.63) is 64.7 Å². The van der Waals surface area contributed by atoms with Crippen LogP contribution in [0, 0.1) is 30.1 Å². The molecule has 6 nitrogen and oxygen atoms in total. The molecule has 0 amide bonds. The van der Waals surface area contributed by atoms with Crippen LogP contribution in [0.15, 0.2) is 42.5 Å². The average Bonchev–Trinajstić information content (AvgIpc) is 3.36. The highest BCUT2D eigenvalue weighted by Crippen LogP contribution is 2.29. The van der Waals surface area contributed by atoms with Gasteiger partial charge >= 0.3 is 5.97 Å². The number of ether oxygens (including phenoxy) is 1. The Kier molecular flexibility index (Phi) is 8.86. The largest absolute Gasteiger partial charge is 0.466 e. The summed E-state index contributed by atoms with van der Waals surface area (Å²) in [5.41, 5.74) is 9.70. The average molecular weight is 460 g/mol. The minimum absolute atomic E-state index is 0.0130. The summed E-state index contributed by atoms with van der Waals surface area (Å²) < 4.78 is 5.06. The first-order valence-corrected chi connectivity index (χ1v) is 11.9. The van der Waals surface area contributed by atoms with E-state index in [0.29, 0.717) is 25.3 Å². The minimum atomic E-state index is -0.263. The maximum absolute atomic E-state index is 12.8. The highest BCUT2D eigenvalue weighted by molar-refractivity contribution is 5.99. The Labute approximate surface area is 202 Å². The summed E-state index contributed by atoms with van der Waals surface area (Å²) in [6.45, 7) is 4.92. The molecule has 2 aromatic rings. The van der Waals surface area contributed by atoms with Gasteiger partial charge in [-0.05, 0) is 62.6 Å². The Morgan fingerprint density at radius 1 is 1.18 bits per heavy atom. The van der Waals surface area contributed by atoms with Crippen molar-refractivity contribution in [2.24, 2.45) is 11.7 Å². The topological polar surface area (TPSA) is 96.5 Å². The van der Waals surface area contributed by atoms with E-state index in [4.69, 9.17) is 15.9 Å². The molecule has 178 valence electrons. The van der Waals surface area contributed by atoms with E-state index in [0.717, 1.165) is 48.1 Å². The maximum Gasteiger partial charge on any atom is 0.307 e. The van der Waals surface area contributed by atoms with Gasteiger partial charge < -0.3 is 15.4 Å². The Bertz CT molecular complexity index is 1110. The molecule has 0 bridgehead atoms. The number of ketones is 1. The molecule has 1 aliphatic rings. The lowest BCUT2D eigenvalue weighted by Gasteiger charge is -2.22. The van der Waals surface area contributed by atoms with E-state index in [-0.39, 0.29) is 29.9 Å². The van der Waals surface area contributed by atoms with E-state index in [2.05, 4.69) is 11.8 Å². The fourth-order valence-electron chi connectivity index (χ4n) is 4.29. The minimum Gasteiger partial charge on any atom is -0.466 e. The molecule has 34 heavy (non-hydrogen) atoms. The van der Waals surface area contributed by atoms with Crippen LogP contribution in [0.5, 0.6) is 0 Å². The Balaban J connectivity index is 1.74. The molecule has 3 N–H and O–H groups in total. The van der Waals surface area contributed by atoms with Crippen molar-refractivity contribution in [3.63, 3.8) is 0 Å². The SMILES string of the molecule is CCOC(=O)CCN(CC#Cc1ccc(C(=O)C2CCCC2)c(C)c1)c1cccc(C(=N)N)c1. The van der Waals surface area contributed by atoms with Crippen molar-refractivity contribution in [3.8, 4) is 11.8 Å². The van der Waals surface area contributed by atoms with Crippen molar-refractivity contribution in [2.75, 3.05) is 24.6 Å². The number of hydrogen-bond acceptors (Lipinski definition) is 5. The van der Waals surface area contributed by atoms with E-state index >= 15 is 0 Å². The number of carbonyl (C=O) groups is 2. The lowest BCUT2D eigenvalue weighted by Crippen LogP contribution is -2.27. The van der Waals surface area contributed by atoms with Gasteiger partial charge in [0.05, 0.1) is 19.6 Å². The second kappa shape index (κ2) is 12.0. The summed E-state index contributed by atoms with van der Waals surface area (Å²) in [5.74, 6) is 6.52. The van der Waals surface area contributed by atoms with Gasteiger partial charge in [-0.2, -0.15) is 0 Å². The van der Waals surface area contributed by atoms with Gasteiger partial charge in [0.1, 0.15) is 5.84 Å². The fraction of sp³-hybridized carbons (Fsp3) is 0.393. The van der Waals surface area contributed by atoms with Gasteiger partial charge in [-0.15, -0.1) is 0 Å². The van der Waals surface area contributed by atoms with Gasteiger partial charge in [0.25, 0.3) is 0 Å². The number of nitrogens with one attached hydrogen (secondary N) is 1. The fourth-order valence-corrected chi connectivity index (χ4v) is 4.29. The van der Waals surface area contributed by atoms with Crippen LogP contribution in [0.25, 0.3) is 0 Å². The molecular formula is C28H33N3O3. The van der Waals surface area contributed by atoms with E-state index in [1.807, 2.05) is 48.2 Å². The third kappa shape index (κ3) is 6.71. The molecule has 2 aromatic carbocycles. The molecule has 0 heterocycles. The molecule has 0 radical (unpaired) electrons. The molecule has 6 heteroatoms. The second-order valence-corrected chi connectivity index (χ2v) is 8.62. The molecule has 0 aromatic heterocycles. The highest BCUT2D eigenvalue weighted by Gasteiger charge is 2.24. The van der Waals surface area contributed by atoms with Crippen molar-refractivity contribution < 1.29 is 14.3 Å². The predicted octanol–water partition coefficient (Wildman–Crippen LogP) is 4.46. The summed E-state index contributed by atoms with van der Waals surface area (Å²) in [6.07, 6.45) is 4.50. The lowest BCUT2D eigenvalue weighted by molar-refractivity contribution is -0.142. The summed E-state index contributed by atoms with van der Waals surface area (Å²) in [7, 11) is 0. The molecule has 1 saturated carbocycles. The van der Waals surface area contributed by atoms with Gasteiger partial charge in [-0.25, -0.2) is 0 Å². The van der Waals surface area contributed by atoms with Crippen molar-refractivity contribution in [2.45, 2.75) is 46.0 Å². The first kappa shape index (κ1) is 25.0. The van der Waals surface area contributed by atoms with Crippen LogP contribution in [0.2, 0.25) is 0 Å². The van der Waals surface area contributed by atoms with Crippen LogP contribution in [0.4, 0.5) is 5.69 Å². The summed E-state index contributed by atoms with van der Waals surface area (Å²) in [5, 5.41) is 7.70. The number of hydrogen-bond donors (Lipinski definition) is 2. The van der Waals surface area contributed by atoms with Crippen molar-refractivity contribution in [1.29, 1.82) is 5.41 Å². The third-order valence-electron chi connectivity index (χ3n) is 6.13. The van der Waals surface area contributed by atoms with E-state index in [1.54, 1.807) is 13.0 Å². The number of rotatable bonds is 9. The smallest absolute Gasteiger partial charge is 0.307 e. The Morgan fingerprint density at radius 3 is 2.62 bits per heavy atom. The van der Waals surface area contributed by atoms with E-state index in [1.165, 1.54) is 0 Å². The molecule has 0 atom stereocenters.